The molecule has 0 spiro atoms. The lowest BCUT2D eigenvalue weighted by atomic mass is 9.74. The Hall–Kier alpha value is -2.48. The van der Waals surface area contributed by atoms with Crippen molar-refractivity contribution in [2.75, 3.05) is 7.05 Å². The van der Waals surface area contributed by atoms with Crippen molar-refractivity contribution in [1.29, 1.82) is 0 Å². The topological polar surface area (TPSA) is 102 Å². The third kappa shape index (κ3) is 3.99. The Morgan fingerprint density at radius 1 is 1.38 bits per heavy atom. The van der Waals surface area contributed by atoms with Crippen LogP contribution in [0.1, 0.15) is 62.8 Å². The number of nitrogens with zero attached hydrogens (tertiary/aromatic N) is 4. The molecule has 2 aliphatic rings. The zero-order valence-corrected chi connectivity index (χ0v) is 17.3. The summed E-state index contributed by atoms with van der Waals surface area (Å²) in [6.07, 6.45) is 5.10. The van der Waals surface area contributed by atoms with E-state index in [0.29, 0.717) is 25.3 Å². The fraction of sp³-hybridized carbons (Fsp3) is 0.619. The summed E-state index contributed by atoms with van der Waals surface area (Å²) in [4.78, 5) is 16.6. The lowest BCUT2D eigenvalue weighted by molar-refractivity contribution is -0.151. The van der Waals surface area contributed by atoms with E-state index in [9.17, 15) is 9.90 Å². The van der Waals surface area contributed by atoms with Crippen molar-refractivity contribution in [2.45, 2.75) is 64.0 Å². The molecule has 29 heavy (non-hydrogen) atoms. The molecule has 2 heterocycles. The molecule has 0 aromatic carbocycles. The number of aryl methyl sites for hydroxylation is 1. The van der Waals surface area contributed by atoms with Crippen LogP contribution in [0.2, 0.25) is 0 Å². The van der Waals surface area contributed by atoms with Gasteiger partial charge in [-0.3, -0.25) is 9.48 Å². The number of aliphatic carboxylic acids is 1. The van der Waals surface area contributed by atoms with E-state index in [1.165, 1.54) is 0 Å². The molecule has 0 aliphatic heterocycles. The average Bonchev–Trinajstić information content (AvgIpc) is 3.47. The van der Waals surface area contributed by atoms with Gasteiger partial charge in [-0.15, -0.1) is 5.10 Å². The molecule has 0 unspecified atom stereocenters. The highest BCUT2D eigenvalue weighted by molar-refractivity contribution is 5.74. The third-order valence-electron chi connectivity index (χ3n) is 6.12. The van der Waals surface area contributed by atoms with E-state index in [2.05, 4.69) is 15.6 Å². The molecule has 2 aromatic rings. The first-order valence-electron chi connectivity index (χ1n) is 10.4. The Balaban J connectivity index is 1.60. The normalized spacial score (nSPS) is 24.4. The second-order valence-electron chi connectivity index (χ2n) is 8.59. The molecule has 4 rings (SSSR count). The molecule has 8 heteroatoms. The van der Waals surface area contributed by atoms with Gasteiger partial charge < -0.3 is 15.2 Å². The first-order chi connectivity index (χ1) is 13.9. The Morgan fingerprint density at radius 3 is 2.86 bits per heavy atom. The lowest BCUT2D eigenvalue weighted by Gasteiger charge is -2.35. The highest BCUT2D eigenvalue weighted by Gasteiger charge is 2.40. The molecule has 8 nitrogen and oxygen atoms in total. The SMILES string of the molecule is CNCc1c(-c2ccc(O[C@H]3CCC[C@](C)(C(=O)O)C3)c(C3CC3)n2)nnn1C. The van der Waals surface area contributed by atoms with Gasteiger partial charge in [0.15, 0.2) is 0 Å². The fourth-order valence-electron chi connectivity index (χ4n) is 4.19. The first kappa shape index (κ1) is 19.8. The number of carboxylic acid groups (broad SMARTS) is 1. The van der Waals surface area contributed by atoms with E-state index in [4.69, 9.17) is 9.72 Å². The number of pyridine rings is 1. The van der Waals surface area contributed by atoms with Gasteiger partial charge in [0.25, 0.3) is 0 Å². The minimum Gasteiger partial charge on any atom is -0.488 e. The number of hydrogen-bond acceptors (Lipinski definition) is 6. The van der Waals surface area contributed by atoms with Crippen LogP contribution in [0.15, 0.2) is 12.1 Å². The summed E-state index contributed by atoms with van der Waals surface area (Å²) < 4.78 is 8.10. The largest absolute Gasteiger partial charge is 0.488 e. The molecule has 2 saturated carbocycles. The first-order valence-corrected chi connectivity index (χ1v) is 10.4. The molecule has 2 fully saturated rings. The van der Waals surface area contributed by atoms with Crippen LogP contribution >= 0.6 is 0 Å². The van der Waals surface area contributed by atoms with Crippen molar-refractivity contribution >= 4 is 5.97 Å². The van der Waals surface area contributed by atoms with E-state index in [-0.39, 0.29) is 6.10 Å². The summed E-state index contributed by atoms with van der Waals surface area (Å²) in [5.41, 5.74) is 2.83. The van der Waals surface area contributed by atoms with Crippen molar-refractivity contribution in [3.05, 3.63) is 23.5 Å². The molecule has 2 atom stereocenters. The molecule has 2 aliphatic carbocycles. The van der Waals surface area contributed by atoms with Gasteiger partial charge in [-0.25, -0.2) is 4.98 Å². The van der Waals surface area contributed by atoms with E-state index >= 15 is 0 Å². The molecule has 156 valence electrons. The predicted molar refractivity (Wildman–Crippen MR) is 108 cm³/mol. The Bertz CT molecular complexity index is 908. The summed E-state index contributed by atoms with van der Waals surface area (Å²) >= 11 is 0. The summed E-state index contributed by atoms with van der Waals surface area (Å²) in [5.74, 6) is 0.458. The van der Waals surface area contributed by atoms with Gasteiger partial charge in [-0.2, -0.15) is 0 Å². The summed E-state index contributed by atoms with van der Waals surface area (Å²) in [6.45, 7) is 2.48. The minimum absolute atomic E-state index is 0.0913. The molecule has 0 bridgehead atoms. The summed E-state index contributed by atoms with van der Waals surface area (Å²) in [7, 11) is 3.77. The van der Waals surface area contributed by atoms with Gasteiger partial charge in [0.2, 0.25) is 0 Å². The number of ether oxygens (including phenoxy) is 1. The Kier molecular flexibility index (Phi) is 5.29. The average molecular weight is 399 g/mol. The van der Waals surface area contributed by atoms with E-state index in [1.54, 1.807) is 4.68 Å². The van der Waals surface area contributed by atoms with Crippen LogP contribution < -0.4 is 10.1 Å². The van der Waals surface area contributed by atoms with Crippen LogP contribution in [0.25, 0.3) is 11.4 Å². The minimum atomic E-state index is -0.735. The third-order valence-corrected chi connectivity index (χ3v) is 6.12. The van der Waals surface area contributed by atoms with Crippen LogP contribution in [0.4, 0.5) is 0 Å². The number of hydrogen-bond donors (Lipinski definition) is 2. The number of aromatic nitrogens is 4. The zero-order chi connectivity index (χ0) is 20.6. The van der Waals surface area contributed by atoms with Gasteiger partial charge in [0.05, 0.1) is 28.6 Å². The lowest BCUT2D eigenvalue weighted by Crippen LogP contribution is -2.38. The number of rotatable bonds is 7. The standard InChI is InChI=1S/C21H29N5O3/c1-21(20(27)28)10-4-5-14(11-21)29-17-9-8-15(23-18(17)13-6-7-13)19-16(12-22-2)26(3)25-24-19/h8-9,13-14,22H,4-7,10-12H2,1-3H3,(H,27,28)/t14-,21-/m0/s1. The van der Waals surface area contributed by atoms with Gasteiger partial charge in [-0.1, -0.05) is 5.21 Å². The number of nitrogens with one attached hydrogen (secondary N) is 1. The van der Waals surface area contributed by atoms with E-state index < -0.39 is 11.4 Å². The highest BCUT2D eigenvalue weighted by Crippen LogP contribution is 2.45. The van der Waals surface area contributed by atoms with E-state index in [1.807, 2.05) is 33.2 Å². The van der Waals surface area contributed by atoms with Crippen molar-refractivity contribution in [2.24, 2.45) is 12.5 Å². The maximum absolute atomic E-state index is 11.7. The van der Waals surface area contributed by atoms with Crippen molar-refractivity contribution in [1.82, 2.24) is 25.3 Å². The summed E-state index contributed by atoms with van der Waals surface area (Å²) in [5, 5.41) is 21.2. The van der Waals surface area contributed by atoms with Gasteiger partial charge >= 0.3 is 5.97 Å². The second-order valence-corrected chi connectivity index (χ2v) is 8.59. The molecule has 0 amide bonds. The second kappa shape index (κ2) is 7.74. The Morgan fingerprint density at radius 2 is 2.17 bits per heavy atom. The molecular formula is C21H29N5O3. The molecule has 0 radical (unpaired) electrons. The molecule has 2 aromatic heterocycles. The van der Waals surface area contributed by atoms with Crippen LogP contribution in [0.5, 0.6) is 5.75 Å². The Labute approximate surface area is 170 Å². The monoisotopic (exact) mass is 399 g/mol. The maximum atomic E-state index is 11.7. The zero-order valence-electron chi connectivity index (χ0n) is 17.3. The maximum Gasteiger partial charge on any atom is 0.309 e. The van der Waals surface area contributed by atoms with Crippen LogP contribution in [-0.2, 0) is 18.4 Å². The molecular weight excluding hydrogens is 370 g/mol. The van der Waals surface area contributed by atoms with Crippen molar-refractivity contribution < 1.29 is 14.6 Å². The quantitative estimate of drug-likeness (QED) is 0.738. The van der Waals surface area contributed by atoms with Crippen LogP contribution in [-0.4, -0.2) is 44.2 Å². The van der Waals surface area contributed by atoms with E-state index in [0.717, 1.165) is 54.2 Å². The highest BCUT2D eigenvalue weighted by atomic mass is 16.5. The fourth-order valence-corrected chi connectivity index (χ4v) is 4.19. The van der Waals surface area contributed by atoms with Crippen LogP contribution in [0.3, 0.4) is 0 Å². The van der Waals surface area contributed by atoms with Gasteiger partial charge in [0, 0.05) is 25.9 Å². The molecule has 0 saturated heterocycles. The van der Waals surface area contributed by atoms with Gasteiger partial charge in [-0.05, 0) is 58.2 Å². The van der Waals surface area contributed by atoms with Gasteiger partial charge in [0.1, 0.15) is 11.4 Å². The number of carboxylic acids is 1. The summed E-state index contributed by atoms with van der Waals surface area (Å²) in [6, 6.07) is 3.91. The smallest absolute Gasteiger partial charge is 0.309 e. The van der Waals surface area contributed by atoms with Crippen molar-refractivity contribution in [3.63, 3.8) is 0 Å². The molecule has 2 N–H and O–H groups in total. The van der Waals surface area contributed by atoms with Crippen LogP contribution in [0, 0.1) is 5.41 Å². The number of carbonyl (C=O) groups is 1. The van der Waals surface area contributed by atoms with Crippen molar-refractivity contribution in [3.8, 4) is 17.1 Å². The predicted octanol–water partition coefficient (Wildman–Crippen LogP) is 2.89.